The zero-order valence-corrected chi connectivity index (χ0v) is 12.6. The first-order valence-electron chi connectivity index (χ1n) is 7.76. The second-order valence-corrected chi connectivity index (χ2v) is 5.90. The van der Waals surface area contributed by atoms with E-state index >= 15 is 0 Å². The molecule has 118 valence electrons. The Morgan fingerprint density at radius 2 is 1.95 bits per heavy atom. The summed E-state index contributed by atoms with van der Waals surface area (Å²) in [5.74, 6) is 0.218. The first kappa shape index (κ1) is 16.0. The van der Waals surface area contributed by atoms with Gasteiger partial charge in [-0.2, -0.15) is 0 Å². The highest BCUT2D eigenvalue weighted by Gasteiger charge is 2.34. The van der Waals surface area contributed by atoms with Crippen LogP contribution in [0.5, 0.6) is 0 Å². The molecule has 2 rings (SSSR count). The maximum atomic E-state index is 12.4. The van der Waals surface area contributed by atoms with E-state index in [0.29, 0.717) is 26.2 Å². The van der Waals surface area contributed by atoms with E-state index in [2.05, 4.69) is 16.8 Å². The molecule has 6 heteroatoms. The molecule has 2 unspecified atom stereocenters. The number of nitrogens with one attached hydrogen (secondary N) is 1. The van der Waals surface area contributed by atoms with Gasteiger partial charge in [-0.3, -0.25) is 14.5 Å². The largest absolute Gasteiger partial charge is 0.352 e. The molecule has 2 atom stereocenters. The van der Waals surface area contributed by atoms with Gasteiger partial charge in [0.2, 0.25) is 11.8 Å². The monoisotopic (exact) mass is 294 g/mol. The summed E-state index contributed by atoms with van der Waals surface area (Å²) in [5.41, 5.74) is 6.01. The Morgan fingerprint density at radius 1 is 1.24 bits per heavy atom. The van der Waals surface area contributed by atoms with E-state index in [-0.39, 0.29) is 23.8 Å². The predicted octanol–water partition coefficient (Wildman–Crippen LogP) is -0.440. The van der Waals surface area contributed by atoms with Crippen molar-refractivity contribution in [2.45, 2.75) is 25.3 Å². The Morgan fingerprint density at radius 3 is 2.52 bits per heavy atom. The van der Waals surface area contributed by atoms with Gasteiger partial charge in [0.05, 0.1) is 12.5 Å². The molecule has 0 aromatic carbocycles. The number of carbonyl (C=O) groups is 2. The smallest absolute Gasteiger partial charge is 0.234 e. The lowest BCUT2D eigenvalue weighted by Crippen LogP contribution is -2.53. The van der Waals surface area contributed by atoms with Crippen LogP contribution in [0.2, 0.25) is 0 Å². The van der Waals surface area contributed by atoms with Crippen molar-refractivity contribution >= 4 is 11.8 Å². The lowest BCUT2D eigenvalue weighted by Gasteiger charge is -2.36. The molecule has 1 saturated heterocycles. The third-order valence-electron chi connectivity index (χ3n) is 4.38. The standard InChI is InChI=1S/C15H26N4O2/c1-2-6-17-14(20)11-18-7-9-19(10-8-18)15(21)12-4-3-5-13(12)16/h2,12-13H,1,3-11,16H2,(H,17,20). The van der Waals surface area contributed by atoms with Gasteiger partial charge in [0.25, 0.3) is 0 Å². The van der Waals surface area contributed by atoms with Crippen molar-refractivity contribution < 1.29 is 9.59 Å². The first-order valence-corrected chi connectivity index (χ1v) is 7.76. The van der Waals surface area contributed by atoms with Crippen molar-refractivity contribution in [1.29, 1.82) is 0 Å². The number of nitrogens with zero attached hydrogens (tertiary/aromatic N) is 2. The van der Waals surface area contributed by atoms with Crippen LogP contribution in [0.3, 0.4) is 0 Å². The normalized spacial score (nSPS) is 26.6. The lowest BCUT2D eigenvalue weighted by atomic mass is 10.0. The van der Waals surface area contributed by atoms with Crippen LogP contribution < -0.4 is 11.1 Å². The third-order valence-corrected chi connectivity index (χ3v) is 4.38. The van der Waals surface area contributed by atoms with Gasteiger partial charge < -0.3 is 16.0 Å². The topological polar surface area (TPSA) is 78.7 Å². The van der Waals surface area contributed by atoms with Crippen LogP contribution in [0.1, 0.15) is 19.3 Å². The SMILES string of the molecule is C=CCNC(=O)CN1CCN(C(=O)C2CCCC2N)CC1. The van der Waals surface area contributed by atoms with Crippen LogP contribution in [-0.2, 0) is 9.59 Å². The summed E-state index contributed by atoms with van der Waals surface area (Å²) in [6.45, 7) is 7.33. The van der Waals surface area contributed by atoms with E-state index in [4.69, 9.17) is 5.73 Å². The van der Waals surface area contributed by atoms with E-state index in [1.807, 2.05) is 4.90 Å². The molecular weight excluding hydrogens is 268 g/mol. The zero-order chi connectivity index (χ0) is 15.2. The highest BCUT2D eigenvalue weighted by atomic mass is 16.2. The molecule has 0 aromatic rings. The molecule has 1 saturated carbocycles. The van der Waals surface area contributed by atoms with Crippen LogP contribution in [-0.4, -0.2) is 66.9 Å². The molecule has 6 nitrogen and oxygen atoms in total. The fourth-order valence-electron chi connectivity index (χ4n) is 3.10. The van der Waals surface area contributed by atoms with E-state index in [0.717, 1.165) is 32.4 Å². The summed E-state index contributed by atoms with van der Waals surface area (Å²) >= 11 is 0. The van der Waals surface area contributed by atoms with Crippen molar-refractivity contribution in [1.82, 2.24) is 15.1 Å². The van der Waals surface area contributed by atoms with Gasteiger partial charge in [-0.25, -0.2) is 0 Å². The van der Waals surface area contributed by atoms with Gasteiger partial charge in [0.1, 0.15) is 0 Å². The van der Waals surface area contributed by atoms with Crippen LogP contribution in [0, 0.1) is 5.92 Å². The zero-order valence-electron chi connectivity index (χ0n) is 12.6. The molecule has 0 aromatic heterocycles. The van der Waals surface area contributed by atoms with Gasteiger partial charge in [-0.05, 0) is 12.8 Å². The Labute approximate surface area is 126 Å². The molecule has 2 fully saturated rings. The second-order valence-electron chi connectivity index (χ2n) is 5.90. The number of carbonyl (C=O) groups excluding carboxylic acids is 2. The molecule has 0 spiro atoms. The van der Waals surface area contributed by atoms with Gasteiger partial charge in [0.15, 0.2) is 0 Å². The Balaban J connectivity index is 1.74. The van der Waals surface area contributed by atoms with E-state index in [1.54, 1.807) is 6.08 Å². The maximum Gasteiger partial charge on any atom is 0.234 e. The Bertz CT molecular complexity index is 391. The molecule has 2 amide bonds. The fraction of sp³-hybridized carbons (Fsp3) is 0.733. The minimum Gasteiger partial charge on any atom is -0.352 e. The Kier molecular flexibility index (Phi) is 5.76. The molecule has 2 aliphatic rings. The third kappa shape index (κ3) is 4.28. The van der Waals surface area contributed by atoms with E-state index in [1.165, 1.54) is 0 Å². The average Bonchev–Trinajstić information content (AvgIpc) is 2.91. The van der Waals surface area contributed by atoms with Gasteiger partial charge in [-0.1, -0.05) is 12.5 Å². The lowest BCUT2D eigenvalue weighted by molar-refractivity contribution is -0.137. The van der Waals surface area contributed by atoms with Crippen LogP contribution >= 0.6 is 0 Å². The van der Waals surface area contributed by atoms with Crippen molar-refractivity contribution in [3.8, 4) is 0 Å². The summed E-state index contributed by atoms with van der Waals surface area (Å²) in [6.07, 6.45) is 4.60. The molecule has 1 heterocycles. The minimum absolute atomic E-state index is 0.00689. The fourth-order valence-corrected chi connectivity index (χ4v) is 3.10. The molecule has 0 bridgehead atoms. The summed E-state index contributed by atoms with van der Waals surface area (Å²) in [7, 11) is 0. The van der Waals surface area contributed by atoms with E-state index in [9.17, 15) is 9.59 Å². The predicted molar refractivity (Wildman–Crippen MR) is 81.5 cm³/mol. The van der Waals surface area contributed by atoms with Crippen LogP contribution in [0.15, 0.2) is 12.7 Å². The number of nitrogens with two attached hydrogens (primary N) is 1. The second kappa shape index (κ2) is 7.56. The molecule has 1 aliphatic heterocycles. The summed E-state index contributed by atoms with van der Waals surface area (Å²) in [6, 6.07) is 0.0280. The Hall–Kier alpha value is -1.40. The minimum atomic E-state index is 0.00689. The average molecular weight is 294 g/mol. The van der Waals surface area contributed by atoms with Gasteiger partial charge >= 0.3 is 0 Å². The number of rotatable bonds is 5. The number of hydrogen-bond donors (Lipinski definition) is 2. The highest BCUT2D eigenvalue weighted by Crippen LogP contribution is 2.26. The van der Waals surface area contributed by atoms with Crippen molar-refractivity contribution in [2.75, 3.05) is 39.3 Å². The van der Waals surface area contributed by atoms with Crippen molar-refractivity contribution in [3.05, 3.63) is 12.7 Å². The highest BCUT2D eigenvalue weighted by molar-refractivity contribution is 5.80. The quantitative estimate of drug-likeness (QED) is 0.674. The van der Waals surface area contributed by atoms with Crippen LogP contribution in [0.4, 0.5) is 0 Å². The van der Waals surface area contributed by atoms with E-state index < -0.39 is 0 Å². The molecule has 0 radical (unpaired) electrons. The summed E-state index contributed by atoms with van der Waals surface area (Å²) < 4.78 is 0. The van der Waals surface area contributed by atoms with Gasteiger partial charge in [0, 0.05) is 38.8 Å². The van der Waals surface area contributed by atoms with Crippen molar-refractivity contribution in [2.24, 2.45) is 11.7 Å². The van der Waals surface area contributed by atoms with Crippen molar-refractivity contribution in [3.63, 3.8) is 0 Å². The molecule has 3 N–H and O–H groups in total. The first-order chi connectivity index (χ1) is 10.1. The number of amides is 2. The molecule has 21 heavy (non-hydrogen) atoms. The molecule has 1 aliphatic carbocycles. The maximum absolute atomic E-state index is 12.4. The number of piperazine rings is 1. The van der Waals surface area contributed by atoms with Crippen LogP contribution in [0.25, 0.3) is 0 Å². The summed E-state index contributed by atoms with van der Waals surface area (Å²) in [4.78, 5) is 28.0. The van der Waals surface area contributed by atoms with Gasteiger partial charge in [-0.15, -0.1) is 6.58 Å². The summed E-state index contributed by atoms with van der Waals surface area (Å²) in [5, 5.41) is 2.77. The molecular formula is C15H26N4O2. The number of hydrogen-bond acceptors (Lipinski definition) is 4.